The molecule has 1 aromatic heterocycles. The molecule has 0 atom stereocenters. The fourth-order valence-electron chi connectivity index (χ4n) is 4.37. The van der Waals surface area contributed by atoms with Crippen molar-refractivity contribution >= 4 is 50.7 Å². The number of H-pyrrole nitrogens is 1. The number of piperidine rings is 1. The zero-order chi connectivity index (χ0) is 25.0. The van der Waals surface area contributed by atoms with E-state index in [1.54, 1.807) is 18.2 Å². The molecule has 2 amide bonds. The second-order valence-corrected chi connectivity index (χ2v) is 11.6. The highest BCUT2D eigenvalue weighted by Gasteiger charge is 2.30. The van der Waals surface area contributed by atoms with E-state index in [1.165, 1.54) is 10.5 Å². The number of likely N-dealkylation sites (tertiary alicyclic amines) is 1. The van der Waals surface area contributed by atoms with Gasteiger partial charge in [0.1, 0.15) is 5.69 Å². The molecule has 190 valence electrons. The van der Waals surface area contributed by atoms with Gasteiger partial charge in [-0.15, -0.1) is 0 Å². The Balaban J connectivity index is 1.30. The first-order chi connectivity index (χ1) is 16.7. The van der Waals surface area contributed by atoms with Gasteiger partial charge in [-0.1, -0.05) is 29.3 Å². The molecule has 0 spiro atoms. The Morgan fingerprint density at radius 3 is 2.37 bits per heavy atom. The van der Waals surface area contributed by atoms with Crippen molar-refractivity contribution in [2.75, 3.05) is 43.8 Å². The molecule has 0 unspecified atom stereocenters. The molecule has 3 N–H and O–H groups in total. The van der Waals surface area contributed by atoms with Gasteiger partial charge in [0.05, 0.1) is 33.2 Å². The van der Waals surface area contributed by atoms with Gasteiger partial charge in [-0.2, -0.15) is 5.10 Å². The van der Waals surface area contributed by atoms with Crippen LogP contribution in [0.3, 0.4) is 0 Å². The summed E-state index contributed by atoms with van der Waals surface area (Å²) in [6, 6.07) is 4.52. The number of sulfonamides is 1. The highest BCUT2D eigenvalue weighted by atomic mass is 35.5. The summed E-state index contributed by atoms with van der Waals surface area (Å²) in [7, 11) is -3.33. The molecule has 2 aliphatic heterocycles. The fraction of sp³-hybridized carbons (Fsp3) is 0.500. The normalized spacial score (nSPS) is 18.0. The van der Waals surface area contributed by atoms with Crippen molar-refractivity contribution in [3.63, 3.8) is 0 Å². The van der Waals surface area contributed by atoms with Gasteiger partial charge < -0.3 is 15.5 Å². The number of hydrogen-bond donors (Lipinski definition) is 3. The van der Waals surface area contributed by atoms with Crippen molar-refractivity contribution in [2.24, 2.45) is 0 Å². The fourth-order valence-corrected chi connectivity index (χ4v) is 6.45. The second-order valence-electron chi connectivity index (χ2n) is 8.72. The molecule has 0 bridgehead atoms. The third-order valence-electron chi connectivity index (χ3n) is 6.35. The van der Waals surface area contributed by atoms with Crippen LogP contribution in [0, 0.1) is 0 Å². The molecular weight excluding hydrogens is 515 g/mol. The van der Waals surface area contributed by atoms with Gasteiger partial charge in [0.15, 0.2) is 0 Å². The monoisotopic (exact) mass is 542 g/mol. The predicted molar refractivity (Wildman–Crippen MR) is 135 cm³/mol. The molecule has 3 heterocycles. The standard InChI is InChI=1S/C22H28Cl2N6O4S/c23-16-4-3-5-17(24)19(16)21(31)27-18-14-25-28-20(18)22(32)26-15-6-10-30(11-7-15)35(33,34)13-12-29-8-1-2-9-29/h3-5,14-15H,1-2,6-13H2,(H,25,28)(H,26,32)(H,27,31). The average Bonchev–Trinajstić information content (AvgIpc) is 3.50. The van der Waals surface area contributed by atoms with E-state index in [1.807, 2.05) is 0 Å². The first kappa shape index (κ1) is 25.9. The van der Waals surface area contributed by atoms with Gasteiger partial charge in [-0.05, 0) is 50.9 Å². The van der Waals surface area contributed by atoms with Gasteiger partial charge in [0, 0.05) is 25.7 Å². The lowest BCUT2D eigenvalue weighted by atomic mass is 10.1. The van der Waals surface area contributed by atoms with Crippen LogP contribution < -0.4 is 10.6 Å². The SMILES string of the molecule is O=C(NC1CCN(S(=O)(=O)CCN2CCCC2)CC1)c1[nH]ncc1NC(=O)c1c(Cl)cccc1Cl. The third kappa shape index (κ3) is 6.34. The summed E-state index contributed by atoms with van der Waals surface area (Å²) >= 11 is 12.2. The number of rotatable bonds is 8. The van der Waals surface area contributed by atoms with Crippen LogP contribution in [0.1, 0.15) is 46.5 Å². The molecule has 2 fully saturated rings. The van der Waals surface area contributed by atoms with E-state index in [-0.39, 0.29) is 38.8 Å². The lowest BCUT2D eigenvalue weighted by Crippen LogP contribution is -2.48. The number of nitrogens with one attached hydrogen (secondary N) is 3. The number of nitrogens with zero attached hydrogens (tertiary/aromatic N) is 3. The average molecular weight is 543 g/mol. The lowest BCUT2D eigenvalue weighted by Gasteiger charge is -2.32. The van der Waals surface area contributed by atoms with Gasteiger partial charge in [0.2, 0.25) is 10.0 Å². The molecule has 35 heavy (non-hydrogen) atoms. The number of halogens is 2. The van der Waals surface area contributed by atoms with Crippen LogP contribution in [-0.2, 0) is 10.0 Å². The van der Waals surface area contributed by atoms with Crippen molar-refractivity contribution in [1.82, 2.24) is 24.7 Å². The Morgan fingerprint density at radius 1 is 1.06 bits per heavy atom. The number of carbonyl (C=O) groups is 2. The molecule has 10 nitrogen and oxygen atoms in total. The summed E-state index contributed by atoms with van der Waals surface area (Å²) in [6.07, 6.45) is 4.58. The molecule has 4 rings (SSSR count). The zero-order valence-corrected chi connectivity index (χ0v) is 21.4. The Hall–Kier alpha value is -2.18. The van der Waals surface area contributed by atoms with E-state index in [9.17, 15) is 18.0 Å². The largest absolute Gasteiger partial charge is 0.348 e. The maximum absolute atomic E-state index is 12.9. The summed E-state index contributed by atoms with van der Waals surface area (Å²) in [4.78, 5) is 27.7. The summed E-state index contributed by atoms with van der Waals surface area (Å²) in [5.74, 6) is -0.890. The van der Waals surface area contributed by atoms with Gasteiger partial charge in [0.25, 0.3) is 11.8 Å². The van der Waals surface area contributed by atoms with Gasteiger partial charge in [-0.3, -0.25) is 14.7 Å². The third-order valence-corrected chi connectivity index (χ3v) is 8.83. The Kier molecular flexibility index (Phi) is 8.33. The van der Waals surface area contributed by atoms with E-state index in [4.69, 9.17) is 23.2 Å². The van der Waals surface area contributed by atoms with E-state index < -0.39 is 21.8 Å². The minimum absolute atomic E-state index is 0.0854. The number of benzene rings is 1. The predicted octanol–water partition coefficient (Wildman–Crippen LogP) is 2.59. The molecule has 2 saturated heterocycles. The lowest BCUT2D eigenvalue weighted by molar-refractivity contribution is 0.0919. The molecular formula is C22H28Cl2N6O4S. The molecule has 2 aliphatic rings. The van der Waals surface area contributed by atoms with Crippen molar-refractivity contribution in [3.05, 3.63) is 45.7 Å². The minimum Gasteiger partial charge on any atom is -0.348 e. The minimum atomic E-state index is -3.33. The van der Waals surface area contributed by atoms with E-state index >= 15 is 0 Å². The van der Waals surface area contributed by atoms with Crippen molar-refractivity contribution in [1.29, 1.82) is 0 Å². The molecule has 13 heteroatoms. The molecule has 0 radical (unpaired) electrons. The molecule has 2 aromatic rings. The maximum atomic E-state index is 12.9. The summed E-state index contributed by atoms with van der Waals surface area (Å²) in [6.45, 7) is 3.19. The zero-order valence-electron chi connectivity index (χ0n) is 19.1. The van der Waals surface area contributed by atoms with Crippen LogP contribution in [0.25, 0.3) is 0 Å². The molecule has 0 aliphatic carbocycles. The van der Waals surface area contributed by atoms with Crippen molar-refractivity contribution in [3.8, 4) is 0 Å². The number of carbonyl (C=O) groups excluding carboxylic acids is 2. The number of aromatic amines is 1. The highest BCUT2D eigenvalue weighted by Crippen LogP contribution is 2.26. The van der Waals surface area contributed by atoms with Crippen molar-refractivity contribution < 1.29 is 18.0 Å². The Bertz CT molecular complexity index is 1150. The number of hydrogen-bond acceptors (Lipinski definition) is 6. The summed E-state index contributed by atoms with van der Waals surface area (Å²) in [5, 5.41) is 12.4. The van der Waals surface area contributed by atoms with E-state index in [2.05, 4.69) is 25.7 Å². The first-order valence-electron chi connectivity index (χ1n) is 11.5. The molecule has 0 saturated carbocycles. The van der Waals surface area contributed by atoms with Crippen LogP contribution in [-0.4, -0.2) is 84.2 Å². The quantitative estimate of drug-likeness (QED) is 0.470. The molecule has 1 aromatic carbocycles. The van der Waals surface area contributed by atoms with E-state index in [0.29, 0.717) is 32.5 Å². The van der Waals surface area contributed by atoms with Crippen LogP contribution in [0.15, 0.2) is 24.4 Å². The summed E-state index contributed by atoms with van der Waals surface area (Å²) < 4.78 is 26.9. The summed E-state index contributed by atoms with van der Waals surface area (Å²) in [5.41, 5.74) is 0.370. The van der Waals surface area contributed by atoms with Crippen LogP contribution in [0.5, 0.6) is 0 Å². The van der Waals surface area contributed by atoms with Crippen LogP contribution in [0.2, 0.25) is 10.0 Å². The van der Waals surface area contributed by atoms with E-state index in [0.717, 1.165) is 25.9 Å². The number of anilines is 1. The van der Waals surface area contributed by atoms with Crippen molar-refractivity contribution in [2.45, 2.75) is 31.7 Å². The first-order valence-corrected chi connectivity index (χ1v) is 13.9. The van der Waals surface area contributed by atoms with Crippen LogP contribution in [0.4, 0.5) is 5.69 Å². The van der Waals surface area contributed by atoms with Gasteiger partial charge >= 0.3 is 0 Å². The smallest absolute Gasteiger partial charge is 0.271 e. The number of amides is 2. The van der Waals surface area contributed by atoms with Gasteiger partial charge in [-0.25, -0.2) is 12.7 Å². The number of aromatic nitrogens is 2. The highest BCUT2D eigenvalue weighted by molar-refractivity contribution is 7.89. The Morgan fingerprint density at radius 2 is 1.71 bits per heavy atom. The Labute approximate surface area is 214 Å². The van der Waals surface area contributed by atoms with Crippen LogP contribution >= 0.6 is 23.2 Å². The topological polar surface area (TPSA) is 128 Å². The maximum Gasteiger partial charge on any atom is 0.271 e. The second kappa shape index (κ2) is 11.3.